The average Bonchev–Trinajstić information content (AvgIpc) is 3.27. The van der Waals surface area contributed by atoms with Crippen molar-refractivity contribution in [2.75, 3.05) is 5.75 Å². The van der Waals surface area contributed by atoms with Gasteiger partial charge in [-0.2, -0.15) is 5.26 Å². The quantitative estimate of drug-likeness (QED) is 0.270. The number of aromatic nitrogens is 5. The third-order valence-electron chi connectivity index (χ3n) is 3.95. The molecule has 0 aliphatic carbocycles. The van der Waals surface area contributed by atoms with Gasteiger partial charge in [0.2, 0.25) is 0 Å². The highest BCUT2D eigenvalue weighted by Crippen LogP contribution is 2.23. The molecule has 2 N–H and O–H groups in total. The standard InChI is InChI=1S/C18H20N6OS/c1-2-3-6-9-24-12-20-23-18(24)26-11-16(25)13(10-19)17-21-14-7-4-5-8-15(14)22-17/h4-5,7-8,12,25H,2-3,6,9,11H2,1H3,(H,21,22)/b16-13-. The number of aliphatic hydroxyl groups excluding tert-OH is 1. The number of hydrogen-bond donors (Lipinski definition) is 2. The Morgan fingerprint density at radius 3 is 2.96 bits per heavy atom. The van der Waals surface area contributed by atoms with Gasteiger partial charge in [0, 0.05) is 6.54 Å². The molecule has 0 unspecified atom stereocenters. The van der Waals surface area contributed by atoms with Crippen LogP contribution in [0.2, 0.25) is 0 Å². The number of H-pyrrole nitrogens is 1. The third-order valence-corrected chi connectivity index (χ3v) is 4.94. The van der Waals surface area contributed by atoms with Crippen LogP contribution in [0, 0.1) is 11.3 Å². The average molecular weight is 368 g/mol. The molecule has 26 heavy (non-hydrogen) atoms. The van der Waals surface area contributed by atoms with Crippen LogP contribution < -0.4 is 0 Å². The molecule has 3 aromatic rings. The van der Waals surface area contributed by atoms with Gasteiger partial charge in [0.1, 0.15) is 23.7 Å². The molecular formula is C18H20N6OS. The number of benzene rings is 1. The van der Waals surface area contributed by atoms with Crippen LogP contribution in [0.15, 0.2) is 41.5 Å². The van der Waals surface area contributed by atoms with Gasteiger partial charge in [0.25, 0.3) is 0 Å². The monoisotopic (exact) mass is 368 g/mol. The number of nitrogens with one attached hydrogen (secondary N) is 1. The zero-order chi connectivity index (χ0) is 18.4. The summed E-state index contributed by atoms with van der Waals surface area (Å²) < 4.78 is 1.97. The fourth-order valence-corrected chi connectivity index (χ4v) is 3.39. The number of thioether (sulfide) groups is 1. The summed E-state index contributed by atoms with van der Waals surface area (Å²) in [6.07, 6.45) is 5.06. The van der Waals surface area contributed by atoms with Gasteiger partial charge in [-0.15, -0.1) is 10.2 Å². The topological polar surface area (TPSA) is 103 Å². The molecule has 0 spiro atoms. The first-order valence-electron chi connectivity index (χ1n) is 8.51. The Labute approximate surface area is 155 Å². The summed E-state index contributed by atoms with van der Waals surface area (Å²) in [4.78, 5) is 7.45. The molecule has 0 fully saturated rings. The lowest BCUT2D eigenvalue weighted by molar-refractivity contribution is 0.420. The lowest BCUT2D eigenvalue weighted by Crippen LogP contribution is -2.01. The molecule has 0 radical (unpaired) electrons. The second-order valence-corrected chi connectivity index (χ2v) is 6.78. The summed E-state index contributed by atoms with van der Waals surface area (Å²) in [5.74, 6) is 0.572. The minimum Gasteiger partial charge on any atom is -0.510 e. The van der Waals surface area contributed by atoms with Crippen molar-refractivity contribution in [3.63, 3.8) is 0 Å². The largest absolute Gasteiger partial charge is 0.510 e. The normalized spacial score (nSPS) is 12.2. The van der Waals surface area contributed by atoms with E-state index >= 15 is 0 Å². The SMILES string of the molecule is CCCCCn1cnnc1SC/C(O)=C(\C#N)c1nc2ccccc2[nH]1. The number of nitriles is 1. The summed E-state index contributed by atoms with van der Waals surface area (Å²) in [5.41, 5.74) is 1.73. The maximum absolute atomic E-state index is 10.4. The van der Waals surface area contributed by atoms with Crippen LogP contribution in [-0.4, -0.2) is 35.6 Å². The molecule has 2 aromatic heterocycles. The highest BCUT2D eigenvalue weighted by Gasteiger charge is 2.14. The first-order chi connectivity index (χ1) is 12.7. The van der Waals surface area contributed by atoms with Crippen LogP contribution >= 0.6 is 11.8 Å². The number of rotatable bonds is 8. The Hall–Kier alpha value is -2.79. The second-order valence-electron chi connectivity index (χ2n) is 5.84. The van der Waals surface area contributed by atoms with Crippen molar-refractivity contribution in [2.45, 2.75) is 37.9 Å². The van der Waals surface area contributed by atoms with E-state index in [0.29, 0.717) is 5.82 Å². The molecular weight excluding hydrogens is 348 g/mol. The molecule has 0 saturated carbocycles. The molecule has 7 nitrogen and oxygen atoms in total. The summed E-state index contributed by atoms with van der Waals surface area (Å²) in [5, 5.41) is 28.6. The Balaban J connectivity index is 1.74. The van der Waals surface area contributed by atoms with E-state index in [9.17, 15) is 10.4 Å². The number of aliphatic hydroxyl groups is 1. The van der Waals surface area contributed by atoms with Crippen molar-refractivity contribution in [1.82, 2.24) is 24.7 Å². The number of hydrogen-bond acceptors (Lipinski definition) is 6. The first kappa shape index (κ1) is 18.0. The summed E-state index contributed by atoms with van der Waals surface area (Å²) in [6, 6.07) is 9.55. The van der Waals surface area contributed by atoms with E-state index in [1.165, 1.54) is 11.8 Å². The van der Waals surface area contributed by atoms with Gasteiger partial charge < -0.3 is 14.7 Å². The van der Waals surface area contributed by atoms with Crippen molar-refractivity contribution in [2.24, 2.45) is 0 Å². The number of aryl methyl sites for hydroxylation is 1. The van der Waals surface area contributed by atoms with Crippen molar-refractivity contribution in [1.29, 1.82) is 5.26 Å². The molecule has 134 valence electrons. The van der Waals surface area contributed by atoms with E-state index in [-0.39, 0.29) is 17.1 Å². The first-order valence-corrected chi connectivity index (χ1v) is 9.49. The maximum atomic E-state index is 10.4. The van der Waals surface area contributed by atoms with Crippen LogP contribution in [0.25, 0.3) is 16.6 Å². The van der Waals surface area contributed by atoms with Gasteiger partial charge >= 0.3 is 0 Å². The molecule has 0 amide bonds. The highest BCUT2D eigenvalue weighted by atomic mass is 32.2. The zero-order valence-electron chi connectivity index (χ0n) is 14.5. The van der Waals surface area contributed by atoms with Gasteiger partial charge in [-0.1, -0.05) is 43.7 Å². The Kier molecular flexibility index (Phi) is 5.92. The number of aromatic amines is 1. The predicted molar refractivity (Wildman–Crippen MR) is 102 cm³/mol. The molecule has 3 rings (SSSR count). The summed E-state index contributed by atoms with van der Waals surface area (Å²) in [6.45, 7) is 3.01. The van der Waals surface area contributed by atoms with Gasteiger partial charge in [-0.05, 0) is 18.6 Å². The minimum absolute atomic E-state index is 0.0281. The van der Waals surface area contributed by atoms with E-state index < -0.39 is 0 Å². The molecule has 0 aliphatic rings. The van der Waals surface area contributed by atoms with Crippen molar-refractivity contribution < 1.29 is 5.11 Å². The minimum atomic E-state index is -0.0281. The van der Waals surface area contributed by atoms with Gasteiger partial charge in [0.05, 0.1) is 16.8 Å². The number of para-hydroxylation sites is 2. The van der Waals surface area contributed by atoms with Crippen molar-refractivity contribution >= 4 is 28.4 Å². The molecule has 0 atom stereocenters. The Bertz CT molecular complexity index is 919. The fraction of sp³-hybridized carbons (Fsp3) is 0.333. The lowest BCUT2D eigenvalue weighted by atomic mass is 10.2. The summed E-state index contributed by atoms with van der Waals surface area (Å²) >= 11 is 1.35. The van der Waals surface area contributed by atoms with Crippen LogP contribution in [0.1, 0.15) is 32.0 Å². The third kappa shape index (κ3) is 4.06. The lowest BCUT2D eigenvalue weighted by Gasteiger charge is -2.06. The number of allylic oxidation sites excluding steroid dienone is 1. The van der Waals surface area contributed by atoms with Crippen molar-refractivity contribution in [3.05, 3.63) is 42.2 Å². The molecule has 0 aliphatic heterocycles. The number of nitrogens with zero attached hydrogens (tertiary/aromatic N) is 5. The number of imidazole rings is 1. The number of fused-ring (bicyclic) bond motifs is 1. The second kappa shape index (κ2) is 8.54. The van der Waals surface area contributed by atoms with Crippen LogP contribution in [-0.2, 0) is 6.54 Å². The predicted octanol–water partition coefficient (Wildman–Crippen LogP) is 3.93. The Morgan fingerprint density at radius 2 is 2.19 bits per heavy atom. The zero-order valence-corrected chi connectivity index (χ0v) is 15.3. The smallest absolute Gasteiger partial charge is 0.191 e. The van der Waals surface area contributed by atoms with Crippen LogP contribution in [0.3, 0.4) is 0 Å². The van der Waals surface area contributed by atoms with Crippen LogP contribution in [0.5, 0.6) is 0 Å². The number of unbranched alkanes of at least 4 members (excludes halogenated alkanes) is 2. The van der Waals surface area contributed by atoms with E-state index in [0.717, 1.165) is 42.0 Å². The van der Waals surface area contributed by atoms with Gasteiger partial charge in [0.15, 0.2) is 11.0 Å². The van der Waals surface area contributed by atoms with Crippen LogP contribution in [0.4, 0.5) is 0 Å². The maximum Gasteiger partial charge on any atom is 0.191 e. The van der Waals surface area contributed by atoms with Crippen molar-refractivity contribution in [3.8, 4) is 6.07 Å². The molecule has 0 saturated heterocycles. The van der Waals surface area contributed by atoms with Gasteiger partial charge in [-0.25, -0.2) is 4.98 Å². The molecule has 1 aromatic carbocycles. The van der Waals surface area contributed by atoms with E-state index in [2.05, 4.69) is 27.1 Å². The van der Waals surface area contributed by atoms with Gasteiger partial charge in [-0.3, -0.25) is 0 Å². The molecule has 2 heterocycles. The molecule has 8 heteroatoms. The fourth-order valence-electron chi connectivity index (χ4n) is 2.57. The van der Waals surface area contributed by atoms with E-state index in [1.807, 2.05) is 34.9 Å². The van der Waals surface area contributed by atoms with E-state index in [4.69, 9.17) is 0 Å². The molecule has 0 bridgehead atoms. The Morgan fingerprint density at radius 1 is 1.35 bits per heavy atom. The summed E-state index contributed by atoms with van der Waals surface area (Å²) in [7, 11) is 0. The highest BCUT2D eigenvalue weighted by molar-refractivity contribution is 7.99. The van der Waals surface area contributed by atoms with E-state index in [1.54, 1.807) is 6.33 Å².